The molecule has 6 heteroatoms. The van der Waals surface area contributed by atoms with Gasteiger partial charge in [0.1, 0.15) is 23.4 Å². The lowest BCUT2D eigenvalue weighted by Gasteiger charge is -2.34. The highest BCUT2D eigenvalue weighted by atomic mass is 16.7. The summed E-state index contributed by atoms with van der Waals surface area (Å²) in [7, 11) is 0. The number of hydrogen-bond donors (Lipinski definition) is 0. The number of rotatable bonds is 6. The van der Waals surface area contributed by atoms with Gasteiger partial charge in [0.15, 0.2) is 18.4 Å². The summed E-state index contributed by atoms with van der Waals surface area (Å²) >= 11 is 0. The van der Waals surface area contributed by atoms with E-state index in [4.69, 9.17) is 23.7 Å². The van der Waals surface area contributed by atoms with Crippen LogP contribution in [0.25, 0.3) is 0 Å². The van der Waals surface area contributed by atoms with Gasteiger partial charge >= 0.3 is 0 Å². The van der Waals surface area contributed by atoms with Crippen LogP contribution in [-0.4, -0.2) is 31.6 Å². The highest BCUT2D eigenvalue weighted by Gasteiger charge is 2.39. The predicted molar refractivity (Wildman–Crippen MR) is 138 cm³/mol. The fraction of sp³-hybridized carbons (Fsp3) is 0.387. The fourth-order valence-corrected chi connectivity index (χ4v) is 5.28. The van der Waals surface area contributed by atoms with Gasteiger partial charge in [-0.2, -0.15) is 0 Å². The SMILES string of the molecule is O=C1c2ccc(OC3CCCCO3)cc2O[C@H](c2ccccc2)[C@H]1c1ccc(OC2CCCCO2)cc1. The number of benzene rings is 3. The Morgan fingerprint density at radius 3 is 1.97 bits per heavy atom. The molecule has 0 bridgehead atoms. The molecule has 3 aliphatic rings. The van der Waals surface area contributed by atoms with Crippen LogP contribution >= 0.6 is 0 Å². The summed E-state index contributed by atoms with van der Waals surface area (Å²) in [5.41, 5.74) is 2.40. The molecule has 3 heterocycles. The van der Waals surface area contributed by atoms with E-state index in [2.05, 4.69) is 0 Å². The zero-order valence-corrected chi connectivity index (χ0v) is 20.8. The third kappa shape index (κ3) is 5.36. The van der Waals surface area contributed by atoms with Crippen molar-refractivity contribution in [2.75, 3.05) is 13.2 Å². The second kappa shape index (κ2) is 11.0. The largest absolute Gasteiger partial charge is 0.484 e. The van der Waals surface area contributed by atoms with E-state index >= 15 is 0 Å². The van der Waals surface area contributed by atoms with Crippen LogP contribution in [0.5, 0.6) is 17.2 Å². The smallest absolute Gasteiger partial charge is 0.199 e. The van der Waals surface area contributed by atoms with Crippen molar-refractivity contribution in [1.29, 1.82) is 0 Å². The zero-order chi connectivity index (χ0) is 25.0. The molecule has 4 atom stereocenters. The predicted octanol–water partition coefficient (Wildman–Crippen LogP) is 6.60. The second-order valence-corrected chi connectivity index (χ2v) is 9.85. The van der Waals surface area contributed by atoms with E-state index < -0.39 is 12.0 Å². The molecule has 3 aromatic rings. The van der Waals surface area contributed by atoms with Crippen molar-refractivity contribution in [3.8, 4) is 17.2 Å². The summed E-state index contributed by atoms with van der Waals surface area (Å²) in [6.45, 7) is 1.44. The van der Waals surface area contributed by atoms with Gasteiger partial charge in [-0.25, -0.2) is 0 Å². The van der Waals surface area contributed by atoms with Gasteiger partial charge in [-0.05, 0) is 61.1 Å². The van der Waals surface area contributed by atoms with Crippen molar-refractivity contribution in [2.45, 2.75) is 63.1 Å². The molecular formula is C31H32O6. The summed E-state index contributed by atoms with van der Waals surface area (Å²) in [5.74, 6) is 1.47. The summed E-state index contributed by atoms with van der Waals surface area (Å²) in [5, 5.41) is 0. The molecule has 6 rings (SSSR count). The molecule has 2 saturated heterocycles. The molecule has 6 nitrogen and oxygen atoms in total. The van der Waals surface area contributed by atoms with Crippen molar-refractivity contribution >= 4 is 5.78 Å². The maximum Gasteiger partial charge on any atom is 0.199 e. The van der Waals surface area contributed by atoms with Crippen molar-refractivity contribution in [1.82, 2.24) is 0 Å². The first-order valence-electron chi connectivity index (χ1n) is 13.3. The van der Waals surface area contributed by atoms with Crippen LogP contribution in [0.1, 0.15) is 72.0 Å². The van der Waals surface area contributed by atoms with E-state index in [0.717, 1.165) is 62.0 Å². The average molecular weight is 501 g/mol. The Balaban J connectivity index is 1.28. The van der Waals surface area contributed by atoms with Crippen molar-refractivity contribution in [3.05, 3.63) is 89.5 Å². The van der Waals surface area contributed by atoms with Crippen LogP contribution in [0.15, 0.2) is 72.8 Å². The molecule has 0 aliphatic carbocycles. The topological polar surface area (TPSA) is 63.2 Å². The highest BCUT2D eigenvalue weighted by molar-refractivity contribution is 6.04. The Kier molecular flexibility index (Phi) is 7.11. The molecule has 3 aliphatic heterocycles. The van der Waals surface area contributed by atoms with Crippen LogP contribution in [0.2, 0.25) is 0 Å². The number of hydrogen-bond acceptors (Lipinski definition) is 6. The Morgan fingerprint density at radius 1 is 0.676 bits per heavy atom. The molecule has 0 spiro atoms. The number of ether oxygens (including phenoxy) is 5. The van der Waals surface area contributed by atoms with Gasteiger partial charge in [-0.3, -0.25) is 4.79 Å². The highest BCUT2D eigenvalue weighted by Crippen LogP contribution is 2.45. The number of carbonyl (C=O) groups excluding carboxylic acids is 1. The van der Waals surface area contributed by atoms with E-state index in [9.17, 15) is 4.79 Å². The summed E-state index contributed by atoms with van der Waals surface area (Å²) < 4.78 is 30.0. The molecule has 192 valence electrons. The second-order valence-electron chi connectivity index (χ2n) is 9.85. The maximum atomic E-state index is 13.9. The molecule has 37 heavy (non-hydrogen) atoms. The van der Waals surface area contributed by atoms with Crippen LogP contribution in [0.4, 0.5) is 0 Å². The Morgan fingerprint density at radius 2 is 1.32 bits per heavy atom. The first kappa shape index (κ1) is 24.0. The van der Waals surface area contributed by atoms with E-state index in [0.29, 0.717) is 23.7 Å². The summed E-state index contributed by atoms with van der Waals surface area (Å²) in [4.78, 5) is 13.9. The van der Waals surface area contributed by atoms with Crippen LogP contribution in [-0.2, 0) is 9.47 Å². The Bertz CT molecular complexity index is 1200. The molecule has 3 aromatic carbocycles. The minimum absolute atomic E-state index is 0.0276. The van der Waals surface area contributed by atoms with Gasteiger partial charge in [0, 0.05) is 18.9 Å². The zero-order valence-electron chi connectivity index (χ0n) is 20.8. The van der Waals surface area contributed by atoms with E-state index in [1.165, 1.54) is 0 Å². The molecule has 2 fully saturated rings. The maximum absolute atomic E-state index is 13.9. The van der Waals surface area contributed by atoms with Gasteiger partial charge in [-0.1, -0.05) is 42.5 Å². The third-order valence-corrected chi connectivity index (χ3v) is 7.24. The first-order chi connectivity index (χ1) is 18.2. The van der Waals surface area contributed by atoms with Crippen molar-refractivity contribution < 1.29 is 28.5 Å². The minimum Gasteiger partial charge on any atom is -0.484 e. The Labute approximate surface area is 217 Å². The molecule has 2 unspecified atom stereocenters. The van der Waals surface area contributed by atoms with Crippen LogP contribution in [0, 0.1) is 0 Å². The fourth-order valence-electron chi connectivity index (χ4n) is 5.28. The number of carbonyl (C=O) groups is 1. The Hall–Kier alpha value is -3.35. The monoisotopic (exact) mass is 500 g/mol. The van der Waals surface area contributed by atoms with Crippen molar-refractivity contribution in [2.24, 2.45) is 0 Å². The quantitative estimate of drug-likeness (QED) is 0.380. The summed E-state index contributed by atoms with van der Waals surface area (Å²) in [6.07, 6.45) is 5.14. The van der Waals surface area contributed by atoms with Crippen LogP contribution < -0.4 is 14.2 Å². The lowest BCUT2D eigenvalue weighted by atomic mass is 9.81. The summed E-state index contributed by atoms with van der Waals surface area (Å²) in [6, 6.07) is 23.1. The van der Waals surface area contributed by atoms with Crippen molar-refractivity contribution in [3.63, 3.8) is 0 Å². The van der Waals surface area contributed by atoms with Gasteiger partial charge in [-0.15, -0.1) is 0 Å². The van der Waals surface area contributed by atoms with E-state index in [-0.39, 0.29) is 18.4 Å². The molecular weight excluding hydrogens is 468 g/mol. The lowest BCUT2D eigenvalue weighted by molar-refractivity contribution is -0.106. The van der Waals surface area contributed by atoms with Gasteiger partial charge in [0.05, 0.1) is 24.7 Å². The number of Topliss-reactive ketones (excluding diaryl/α,β-unsaturated/α-hetero) is 1. The average Bonchev–Trinajstić information content (AvgIpc) is 2.95. The number of fused-ring (bicyclic) bond motifs is 1. The lowest BCUT2D eigenvalue weighted by Crippen LogP contribution is -2.30. The van der Waals surface area contributed by atoms with Gasteiger partial charge in [0.2, 0.25) is 0 Å². The molecule has 0 aromatic heterocycles. The molecule has 0 radical (unpaired) electrons. The first-order valence-corrected chi connectivity index (χ1v) is 13.3. The molecule has 0 saturated carbocycles. The van der Waals surface area contributed by atoms with E-state index in [1.54, 1.807) is 0 Å². The third-order valence-electron chi connectivity index (χ3n) is 7.24. The molecule has 0 N–H and O–H groups in total. The minimum atomic E-state index is -0.483. The van der Waals surface area contributed by atoms with Gasteiger partial charge in [0.25, 0.3) is 0 Å². The molecule has 0 amide bonds. The normalized spacial score (nSPS) is 25.6. The van der Waals surface area contributed by atoms with E-state index in [1.807, 2.05) is 72.8 Å². The number of ketones is 1. The van der Waals surface area contributed by atoms with Crippen LogP contribution in [0.3, 0.4) is 0 Å². The standard InChI is InChI=1S/C31H32O6/c32-30-25-17-16-24(36-28-11-5-7-19-34-28)20-26(25)37-31(22-8-2-1-3-9-22)29(30)21-12-14-23(15-13-21)35-27-10-4-6-18-33-27/h1-3,8-9,12-17,20,27-29,31H,4-7,10-11,18-19H2/t27?,28?,29-,31+/m0/s1. The van der Waals surface area contributed by atoms with Gasteiger partial charge < -0.3 is 23.7 Å².